The van der Waals surface area contributed by atoms with E-state index in [9.17, 15) is 35.6 Å². The zero-order valence-electron chi connectivity index (χ0n) is 18.6. The topological polar surface area (TPSA) is 101 Å². The van der Waals surface area contributed by atoms with E-state index < -0.39 is 33.1 Å². The normalized spacial score (nSPS) is 15.4. The monoisotopic (exact) mass is 513 g/mol. The van der Waals surface area contributed by atoms with Crippen molar-refractivity contribution in [3.63, 3.8) is 0 Å². The lowest BCUT2D eigenvalue weighted by atomic mass is 9.92. The van der Waals surface area contributed by atoms with Crippen molar-refractivity contribution in [1.29, 1.82) is 5.26 Å². The summed E-state index contributed by atoms with van der Waals surface area (Å²) < 4.78 is 94.5. The van der Waals surface area contributed by atoms with Gasteiger partial charge in [-0.15, -0.1) is 0 Å². The largest absolute Gasteiger partial charge is 0.407 e. The van der Waals surface area contributed by atoms with Gasteiger partial charge in [0.2, 0.25) is 10.0 Å². The fourth-order valence-electron chi connectivity index (χ4n) is 3.82. The number of nitrogens with one attached hydrogen (secondary N) is 1. The van der Waals surface area contributed by atoms with Crippen molar-refractivity contribution in [3.05, 3.63) is 41.7 Å². The van der Waals surface area contributed by atoms with Crippen LogP contribution in [0.2, 0.25) is 0 Å². The number of nitrogens with zero attached hydrogens (tertiary/aromatic N) is 4. The van der Waals surface area contributed by atoms with Gasteiger partial charge in [-0.3, -0.25) is 4.98 Å². The minimum absolute atomic E-state index is 0.0565. The molecule has 186 valence electrons. The van der Waals surface area contributed by atoms with Gasteiger partial charge in [0.25, 0.3) is 6.43 Å². The van der Waals surface area contributed by atoms with Gasteiger partial charge in [0.05, 0.1) is 17.0 Å². The molecule has 0 atom stereocenters. The maximum Gasteiger partial charge on any atom is 0.407 e. The molecule has 1 N–H and O–H groups in total. The lowest BCUT2D eigenvalue weighted by molar-refractivity contribution is -0.180. The summed E-state index contributed by atoms with van der Waals surface area (Å²) in [5.41, 5.74) is -2.22. The molecule has 1 fully saturated rings. The Balaban J connectivity index is 1.82. The van der Waals surface area contributed by atoms with Gasteiger partial charge in [0.1, 0.15) is 22.2 Å². The number of pyridine rings is 2. The first-order valence-electron chi connectivity index (χ1n) is 10.6. The number of hydrogen-bond acceptors (Lipinski definition) is 5. The predicted octanol–water partition coefficient (Wildman–Crippen LogP) is 5.25. The van der Waals surface area contributed by atoms with Crippen LogP contribution < -0.4 is 4.72 Å². The molecule has 0 saturated heterocycles. The molecule has 0 unspecified atom stereocenters. The number of fused-ring (bicyclic) bond motifs is 1. The van der Waals surface area contributed by atoms with Crippen LogP contribution in [0.15, 0.2) is 35.5 Å². The zero-order chi connectivity index (χ0) is 25.8. The van der Waals surface area contributed by atoms with Crippen LogP contribution in [0.1, 0.15) is 56.7 Å². The summed E-state index contributed by atoms with van der Waals surface area (Å²) in [4.78, 5) is 7.80. The highest BCUT2D eigenvalue weighted by molar-refractivity contribution is 7.89. The van der Waals surface area contributed by atoms with Crippen molar-refractivity contribution in [2.75, 3.05) is 0 Å². The maximum atomic E-state index is 13.3. The Labute approximate surface area is 197 Å². The molecule has 0 aliphatic heterocycles. The average Bonchev–Trinajstić information content (AvgIpc) is 3.04. The summed E-state index contributed by atoms with van der Waals surface area (Å²) >= 11 is 0. The molecule has 1 saturated carbocycles. The standard InChI is InChI=1S/C22H20F5N5O2S/c1-21(2,22(25,26)27)31-35(33,34)14-6-7-17(29-11-14)18-16(9-28)15-8-12(19(23)24)10-30-20(15)32(18)13-4-3-5-13/h6-8,10-11,13,19,31H,3-5H2,1-2H3. The van der Waals surface area contributed by atoms with Gasteiger partial charge < -0.3 is 4.57 Å². The summed E-state index contributed by atoms with van der Waals surface area (Å²) in [7, 11) is -4.58. The quantitative estimate of drug-likeness (QED) is 0.454. The summed E-state index contributed by atoms with van der Waals surface area (Å²) in [6.45, 7) is 1.40. The number of aromatic nitrogens is 3. The van der Waals surface area contributed by atoms with Gasteiger partial charge in [0, 0.05) is 29.4 Å². The van der Waals surface area contributed by atoms with Crippen molar-refractivity contribution < 1.29 is 30.4 Å². The number of halogens is 5. The van der Waals surface area contributed by atoms with Crippen LogP contribution in [0.4, 0.5) is 22.0 Å². The highest BCUT2D eigenvalue weighted by Gasteiger charge is 2.49. The molecule has 0 radical (unpaired) electrons. The fourth-order valence-corrected chi connectivity index (χ4v) is 5.16. The molecule has 3 aromatic heterocycles. The van der Waals surface area contributed by atoms with Crippen LogP contribution in [0.25, 0.3) is 22.4 Å². The van der Waals surface area contributed by atoms with E-state index in [2.05, 4.69) is 9.97 Å². The molecule has 7 nitrogen and oxygen atoms in total. The Hall–Kier alpha value is -3.11. The summed E-state index contributed by atoms with van der Waals surface area (Å²) in [5, 5.41) is 10.1. The first-order valence-corrected chi connectivity index (χ1v) is 12.0. The van der Waals surface area contributed by atoms with Crippen LogP contribution in [-0.2, 0) is 10.0 Å². The molecule has 0 spiro atoms. The van der Waals surface area contributed by atoms with Gasteiger partial charge in [-0.1, -0.05) is 0 Å². The number of rotatable bonds is 6. The van der Waals surface area contributed by atoms with Gasteiger partial charge in [0.15, 0.2) is 0 Å². The number of sulfonamides is 1. The second kappa shape index (κ2) is 8.53. The van der Waals surface area contributed by atoms with Crippen molar-refractivity contribution in [2.45, 2.75) is 62.2 Å². The molecule has 0 bridgehead atoms. The number of hydrogen-bond donors (Lipinski definition) is 1. The number of alkyl halides is 5. The van der Waals surface area contributed by atoms with E-state index >= 15 is 0 Å². The molecular weight excluding hydrogens is 493 g/mol. The summed E-state index contributed by atoms with van der Waals surface area (Å²) in [6.07, 6.45) is -3.22. The third kappa shape index (κ3) is 4.36. The zero-order valence-corrected chi connectivity index (χ0v) is 19.4. The smallest absolute Gasteiger partial charge is 0.320 e. The summed E-state index contributed by atoms with van der Waals surface area (Å²) in [6, 6.07) is 5.52. The van der Waals surface area contributed by atoms with Crippen molar-refractivity contribution in [3.8, 4) is 17.5 Å². The average molecular weight is 513 g/mol. The molecule has 0 aromatic carbocycles. The van der Waals surface area contributed by atoms with Crippen molar-refractivity contribution >= 4 is 21.1 Å². The van der Waals surface area contributed by atoms with E-state index in [1.165, 1.54) is 12.1 Å². The van der Waals surface area contributed by atoms with E-state index in [-0.39, 0.29) is 28.2 Å². The third-order valence-corrected chi connectivity index (χ3v) is 7.70. The Kier molecular flexibility index (Phi) is 6.09. The maximum absolute atomic E-state index is 13.3. The Morgan fingerprint density at radius 2 is 1.86 bits per heavy atom. The van der Waals surface area contributed by atoms with E-state index in [0.717, 1.165) is 37.7 Å². The Morgan fingerprint density at radius 1 is 1.17 bits per heavy atom. The van der Waals surface area contributed by atoms with Crippen molar-refractivity contribution in [1.82, 2.24) is 19.3 Å². The predicted molar refractivity (Wildman–Crippen MR) is 116 cm³/mol. The van der Waals surface area contributed by atoms with E-state index in [1.54, 1.807) is 9.29 Å². The lowest BCUT2D eigenvalue weighted by Gasteiger charge is -2.29. The van der Waals surface area contributed by atoms with Gasteiger partial charge in [-0.25, -0.2) is 22.2 Å². The summed E-state index contributed by atoms with van der Waals surface area (Å²) in [5.74, 6) is 0. The fraction of sp³-hybridized carbons (Fsp3) is 0.409. The molecule has 35 heavy (non-hydrogen) atoms. The molecule has 1 aliphatic carbocycles. The van der Waals surface area contributed by atoms with E-state index in [0.29, 0.717) is 25.2 Å². The van der Waals surface area contributed by atoms with Crippen LogP contribution in [0.5, 0.6) is 0 Å². The lowest BCUT2D eigenvalue weighted by Crippen LogP contribution is -2.54. The van der Waals surface area contributed by atoms with Crippen molar-refractivity contribution in [2.24, 2.45) is 0 Å². The molecular formula is C22H20F5N5O2S. The van der Waals surface area contributed by atoms with Crippen LogP contribution in [0.3, 0.4) is 0 Å². The second-order valence-electron chi connectivity index (χ2n) is 8.84. The van der Waals surface area contributed by atoms with Gasteiger partial charge in [-0.2, -0.15) is 23.2 Å². The Bertz CT molecular complexity index is 1420. The van der Waals surface area contributed by atoms with E-state index in [4.69, 9.17) is 0 Å². The molecule has 1 aliphatic rings. The SMILES string of the molecule is CC(C)(NS(=O)(=O)c1ccc(-c2c(C#N)c3cc(C(F)F)cnc3n2C2CCC2)nc1)C(F)(F)F. The molecule has 3 heterocycles. The van der Waals surface area contributed by atoms with Gasteiger partial charge >= 0.3 is 6.18 Å². The second-order valence-corrected chi connectivity index (χ2v) is 10.5. The molecule has 4 rings (SSSR count). The minimum atomic E-state index is -4.83. The highest BCUT2D eigenvalue weighted by Crippen LogP contribution is 2.42. The molecule has 13 heteroatoms. The third-order valence-electron chi connectivity index (χ3n) is 6.05. The van der Waals surface area contributed by atoms with Gasteiger partial charge in [-0.05, 0) is 51.3 Å². The minimum Gasteiger partial charge on any atom is -0.320 e. The Morgan fingerprint density at radius 3 is 2.34 bits per heavy atom. The van der Waals surface area contributed by atoms with Crippen LogP contribution >= 0.6 is 0 Å². The van der Waals surface area contributed by atoms with E-state index in [1.807, 2.05) is 6.07 Å². The molecule has 3 aromatic rings. The highest BCUT2D eigenvalue weighted by atomic mass is 32.2. The molecule has 0 amide bonds. The van der Waals surface area contributed by atoms with Crippen LogP contribution in [-0.4, -0.2) is 34.7 Å². The first kappa shape index (κ1) is 25.0. The van der Waals surface area contributed by atoms with Crippen LogP contribution in [0, 0.1) is 11.3 Å². The number of nitriles is 1. The first-order chi connectivity index (χ1) is 16.3.